The van der Waals surface area contributed by atoms with E-state index in [-0.39, 0.29) is 46.4 Å². The van der Waals surface area contributed by atoms with Crippen molar-refractivity contribution in [3.05, 3.63) is 90.1 Å². The number of phenols is 1. The van der Waals surface area contributed by atoms with Crippen LogP contribution in [0.5, 0.6) is 11.6 Å². The fraction of sp³-hybridized carbons (Fsp3) is 0.0800. The fourth-order valence-corrected chi connectivity index (χ4v) is 3.99. The van der Waals surface area contributed by atoms with Gasteiger partial charge in [-0.05, 0) is 35.9 Å². The van der Waals surface area contributed by atoms with E-state index in [4.69, 9.17) is 0 Å². The molecule has 164 valence electrons. The summed E-state index contributed by atoms with van der Waals surface area (Å²) in [6.45, 7) is 0.216. The molecule has 0 radical (unpaired) electrons. The van der Waals surface area contributed by atoms with Crippen molar-refractivity contribution in [1.82, 2.24) is 14.5 Å². The third kappa shape index (κ3) is 3.41. The molecule has 33 heavy (non-hydrogen) atoms. The minimum atomic E-state index is -0.365. The van der Waals surface area contributed by atoms with E-state index in [1.165, 1.54) is 27.8 Å². The van der Waals surface area contributed by atoms with Gasteiger partial charge in [0.05, 0.1) is 17.5 Å². The van der Waals surface area contributed by atoms with Gasteiger partial charge >= 0.3 is 0 Å². The number of carbonyl (C=O) groups excluding carboxylic acids is 1. The predicted molar refractivity (Wildman–Crippen MR) is 123 cm³/mol. The maximum Gasteiger partial charge on any atom is 0.260 e. The molecule has 0 saturated heterocycles. The number of pyridine rings is 2. The van der Waals surface area contributed by atoms with Crippen molar-refractivity contribution in [2.45, 2.75) is 6.54 Å². The summed E-state index contributed by atoms with van der Waals surface area (Å²) in [5.74, 6) is -0.700. The molecule has 3 aromatic heterocycles. The Bertz CT molecular complexity index is 1500. The normalized spacial score (nSPS) is 11.2. The highest BCUT2D eigenvalue weighted by Gasteiger charge is 2.27. The van der Waals surface area contributed by atoms with Crippen LogP contribution in [0.2, 0.25) is 0 Å². The first-order chi connectivity index (χ1) is 16.0. The zero-order valence-electron chi connectivity index (χ0n) is 17.6. The van der Waals surface area contributed by atoms with E-state index in [0.29, 0.717) is 16.6 Å². The summed E-state index contributed by atoms with van der Waals surface area (Å²) in [5.41, 5.74) is 1.23. The number of aromatic hydroxyl groups is 2. The van der Waals surface area contributed by atoms with Crippen LogP contribution in [0.1, 0.15) is 15.9 Å². The van der Waals surface area contributed by atoms with Crippen LogP contribution >= 0.6 is 0 Å². The third-order valence-corrected chi connectivity index (χ3v) is 5.64. The standard InChI is InChI=1S/C25H19FN4O3/c1-29(19-6-2-3-11-27-19)24(32)20-17-5-4-12-28-22(17)23(31)21-18(20)14-30(25(21)33)13-15-7-9-16(26)10-8-15/h2-12,14,31,33H,13H2,1H3. The third-order valence-electron chi connectivity index (χ3n) is 5.64. The molecule has 3 heterocycles. The van der Waals surface area contributed by atoms with Gasteiger partial charge in [-0.3, -0.25) is 14.7 Å². The molecule has 0 atom stereocenters. The van der Waals surface area contributed by atoms with Crippen LogP contribution in [0, 0.1) is 5.82 Å². The molecule has 0 unspecified atom stereocenters. The average molecular weight is 442 g/mol. The van der Waals surface area contributed by atoms with E-state index in [1.807, 2.05) is 0 Å². The molecule has 0 bridgehead atoms. The molecule has 0 spiro atoms. The van der Waals surface area contributed by atoms with E-state index in [9.17, 15) is 19.4 Å². The number of benzene rings is 2. The van der Waals surface area contributed by atoms with Gasteiger partial charge in [-0.2, -0.15) is 0 Å². The summed E-state index contributed by atoms with van der Waals surface area (Å²) in [5, 5.41) is 22.9. The Kier molecular flexibility index (Phi) is 4.90. The Labute approximate surface area is 188 Å². The molecule has 8 heteroatoms. The van der Waals surface area contributed by atoms with E-state index >= 15 is 0 Å². The van der Waals surface area contributed by atoms with Gasteiger partial charge in [0.15, 0.2) is 5.75 Å². The van der Waals surface area contributed by atoms with Gasteiger partial charge in [-0.25, -0.2) is 9.37 Å². The Morgan fingerprint density at radius 1 is 1.00 bits per heavy atom. The van der Waals surface area contributed by atoms with Crippen molar-refractivity contribution in [3.63, 3.8) is 0 Å². The topological polar surface area (TPSA) is 91.5 Å². The van der Waals surface area contributed by atoms with E-state index in [2.05, 4.69) is 9.97 Å². The molecule has 1 amide bonds. The van der Waals surface area contributed by atoms with Crippen molar-refractivity contribution in [3.8, 4) is 11.6 Å². The molecule has 5 rings (SSSR count). The summed E-state index contributed by atoms with van der Waals surface area (Å²) in [7, 11) is 1.61. The van der Waals surface area contributed by atoms with Gasteiger partial charge in [0.25, 0.3) is 5.91 Å². The Hall–Kier alpha value is -4.46. The molecule has 0 saturated carbocycles. The van der Waals surface area contributed by atoms with E-state index in [0.717, 1.165) is 5.56 Å². The minimum absolute atomic E-state index is 0.126. The lowest BCUT2D eigenvalue weighted by Crippen LogP contribution is -2.27. The molecular formula is C25H19FN4O3. The Morgan fingerprint density at radius 2 is 1.76 bits per heavy atom. The number of phenolic OH excluding ortho intramolecular Hbond substituents is 1. The van der Waals surface area contributed by atoms with Gasteiger partial charge in [0, 0.05) is 36.4 Å². The van der Waals surface area contributed by atoms with Gasteiger partial charge in [-0.1, -0.05) is 24.3 Å². The number of carbonyl (C=O) groups is 1. The smallest absolute Gasteiger partial charge is 0.260 e. The maximum atomic E-state index is 13.6. The molecule has 0 aliphatic rings. The van der Waals surface area contributed by atoms with Crippen LogP contribution in [0.15, 0.2) is 73.2 Å². The number of aromatic nitrogens is 3. The SMILES string of the molecule is CN(C(=O)c1c2cccnc2c(O)c2c(O)n(Cc3ccc(F)cc3)cc12)c1ccccn1. The molecule has 0 aliphatic heterocycles. The van der Waals surface area contributed by atoms with Crippen LogP contribution in [0.25, 0.3) is 21.7 Å². The van der Waals surface area contributed by atoms with Gasteiger partial charge in [-0.15, -0.1) is 0 Å². The highest BCUT2D eigenvalue weighted by Crippen LogP contribution is 2.43. The summed E-state index contributed by atoms with van der Waals surface area (Å²) < 4.78 is 14.8. The number of amides is 1. The van der Waals surface area contributed by atoms with Crippen molar-refractivity contribution < 1.29 is 19.4 Å². The van der Waals surface area contributed by atoms with Crippen LogP contribution in [-0.2, 0) is 6.54 Å². The van der Waals surface area contributed by atoms with Crippen LogP contribution in [0.4, 0.5) is 10.2 Å². The van der Waals surface area contributed by atoms with Crippen molar-refractivity contribution >= 4 is 33.4 Å². The number of rotatable bonds is 4. The first-order valence-electron chi connectivity index (χ1n) is 10.2. The lowest BCUT2D eigenvalue weighted by atomic mass is 10.00. The summed E-state index contributed by atoms with van der Waals surface area (Å²) in [6.07, 6.45) is 4.72. The quantitative estimate of drug-likeness (QED) is 0.429. The molecule has 2 N–H and O–H groups in total. The van der Waals surface area contributed by atoms with Gasteiger partial charge < -0.3 is 14.8 Å². The van der Waals surface area contributed by atoms with Gasteiger partial charge in [0.1, 0.15) is 17.2 Å². The Morgan fingerprint density at radius 3 is 2.48 bits per heavy atom. The van der Waals surface area contributed by atoms with Crippen molar-refractivity contribution in [1.29, 1.82) is 0 Å². The number of halogens is 1. The molecule has 2 aromatic carbocycles. The number of hydrogen-bond acceptors (Lipinski definition) is 5. The zero-order chi connectivity index (χ0) is 23.1. The monoisotopic (exact) mass is 442 g/mol. The number of fused-ring (bicyclic) bond motifs is 2. The second-order valence-corrected chi connectivity index (χ2v) is 7.67. The second kappa shape index (κ2) is 7.90. The highest BCUT2D eigenvalue weighted by atomic mass is 19.1. The van der Waals surface area contributed by atoms with Crippen molar-refractivity contribution in [2.75, 3.05) is 11.9 Å². The van der Waals surface area contributed by atoms with Crippen LogP contribution in [-0.4, -0.2) is 37.7 Å². The first-order valence-corrected chi connectivity index (χ1v) is 10.2. The lowest BCUT2D eigenvalue weighted by molar-refractivity contribution is 0.0995. The maximum absolute atomic E-state index is 13.6. The minimum Gasteiger partial charge on any atom is -0.505 e. The van der Waals surface area contributed by atoms with Crippen molar-refractivity contribution in [2.24, 2.45) is 0 Å². The molecule has 0 aliphatic carbocycles. The molecule has 0 fully saturated rings. The van der Waals surface area contributed by atoms with Gasteiger partial charge in [0.2, 0.25) is 5.88 Å². The highest BCUT2D eigenvalue weighted by molar-refractivity contribution is 6.24. The lowest BCUT2D eigenvalue weighted by Gasteiger charge is -2.18. The predicted octanol–water partition coefficient (Wildman–Crippen LogP) is 4.46. The van der Waals surface area contributed by atoms with E-state index in [1.54, 1.807) is 61.9 Å². The van der Waals surface area contributed by atoms with Crippen LogP contribution < -0.4 is 4.90 Å². The molecule has 5 aromatic rings. The van der Waals surface area contributed by atoms with E-state index < -0.39 is 0 Å². The zero-order valence-corrected chi connectivity index (χ0v) is 17.6. The second-order valence-electron chi connectivity index (χ2n) is 7.67. The largest absolute Gasteiger partial charge is 0.505 e. The fourth-order valence-electron chi connectivity index (χ4n) is 3.99. The number of anilines is 1. The Balaban J connectivity index is 1.73. The number of nitrogens with zero attached hydrogens (tertiary/aromatic N) is 4. The molecular weight excluding hydrogens is 423 g/mol. The first kappa shape index (κ1) is 20.4. The van der Waals surface area contributed by atoms with Crippen LogP contribution in [0.3, 0.4) is 0 Å². The number of hydrogen-bond donors (Lipinski definition) is 2. The summed E-state index contributed by atoms with van der Waals surface area (Å²) in [6, 6.07) is 14.5. The summed E-state index contributed by atoms with van der Waals surface area (Å²) >= 11 is 0. The summed E-state index contributed by atoms with van der Waals surface area (Å²) in [4.78, 5) is 23.5. The molecule has 7 nitrogen and oxygen atoms in total. The average Bonchev–Trinajstić information content (AvgIpc) is 3.16.